The van der Waals surface area contributed by atoms with E-state index in [1.807, 2.05) is 6.92 Å². The summed E-state index contributed by atoms with van der Waals surface area (Å²) in [6.45, 7) is 2.03. The smallest absolute Gasteiger partial charge is 0.258 e. The van der Waals surface area contributed by atoms with Crippen LogP contribution >= 0.6 is 8.20 Å². The molecular formula is C41H32N3O6P. The molecule has 6 aromatic carbocycles. The average molecular weight is 694 g/mol. The molecule has 0 spiro atoms. The monoisotopic (exact) mass is 693 g/mol. The molecule has 0 unspecified atom stereocenters. The second kappa shape index (κ2) is 15.1. The van der Waals surface area contributed by atoms with E-state index < -0.39 is 14.8 Å². The molecule has 0 radical (unpaired) electrons. The summed E-state index contributed by atoms with van der Waals surface area (Å²) in [6.07, 6.45) is 5.99. The van der Waals surface area contributed by atoms with E-state index in [-0.39, 0.29) is 17.1 Å². The lowest BCUT2D eigenvalue weighted by atomic mass is 9.91. The lowest BCUT2D eigenvalue weighted by Gasteiger charge is -2.14. The Morgan fingerprint density at radius 3 is 1.12 bits per heavy atom. The van der Waals surface area contributed by atoms with Crippen molar-refractivity contribution in [3.63, 3.8) is 0 Å². The molecular weight excluding hydrogens is 661 g/mol. The van der Waals surface area contributed by atoms with Crippen LogP contribution in [0.4, 0.5) is 17.1 Å². The Labute approximate surface area is 296 Å². The number of nitro groups is 3. The SMILES string of the molecule is C=PCc1cc(Cc2cc(Cc3cc(C)cc(-c4ccc([N+](=O)[O-])cc4)c3)cc(-c3ccc([N+](=O)[O-])cc3)c2)cc(-c2ccc([N+](=O)[O-])cc2)c1. The van der Waals surface area contributed by atoms with Crippen molar-refractivity contribution in [2.24, 2.45) is 0 Å². The Bertz CT molecular complexity index is 2290. The van der Waals surface area contributed by atoms with Gasteiger partial charge in [-0.15, -0.1) is 8.20 Å². The maximum absolute atomic E-state index is 11.4. The molecule has 0 aromatic heterocycles. The molecule has 6 rings (SSSR count). The van der Waals surface area contributed by atoms with Crippen LogP contribution in [0.1, 0.15) is 33.4 Å². The number of aryl methyl sites for hydroxylation is 1. The van der Waals surface area contributed by atoms with Gasteiger partial charge in [0.2, 0.25) is 0 Å². The Balaban J connectivity index is 1.39. The minimum absolute atomic E-state index is 0.0222. The first kappa shape index (κ1) is 34.5. The van der Waals surface area contributed by atoms with Crippen molar-refractivity contribution in [2.75, 3.05) is 0 Å². The van der Waals surface area contributed by atoms with Gasteiger partial charge >= 0.3 is 0 Å². The van der Waals surface area contributed by atoms with E-state index in [4.69, 9.17) is 0 Å². The second-order valence-corrected chi connectivity index (χ2v) is 13.2. The molecule has 0 fully saturated rings. The van der Waals surface area contributed by atoms with Crippen LogP contribution in [0, 0.1) is 37.3 Å². The minimum Gasteiger partial charge on any atom is -0.258 e. The number of nitro benzene ring substituents is 3. The lowest BCUT2D eigenvalue weighted by Crippen LogP contribution is -1.97. The molecule has 0 aliphatic heterocycles. The Morgan fingerprint density at radius 1 is 0.451 bits per heavy atom. The molecule has 6 aromatic rings. The standard InChI is InChI=1S/C41H32N3O6P/c1-27-15-28(21-36(16-27)33-3-9-39(10-4-33)42(45)46)17-29-18-30(23-37(22-29)34-5-11-40(12-6-34)43(47)48)19-31-20-32(26-51-2)25-38(24-31)35-7-13-41(14-8-35)44(49)50/h3-16,18,20-25H,2,17,19,26H2,1H3. The molecule has 0 saturated heterocycles. The summed E-state index contributed by atoms with van der Waals surface area (Å²) in [5.74, 6) is 0. The molecule has 0 saturated carbocycles. The van der Waals surface area contributed by atoms with Crippen molar-refractivity contribution >= 4 is 31.6 Å². The van der Waals surface area contributed by atoms with Crippen LogP contribution < -0.4 is 0 Å². The highest BCUT2D eigenvalue weighted by atomic mass is 31.1. The van der Waals surface area contributed by atoms with E-state index in [2.05, 4.69) is 60.9 Å². The number of rotatable bonds is 12. The predicted molar refractivity (Wildman–Crippen MR) is 204 cm³/mol. The van der Waals surface area contributed by atoms with Crippen molar-refractivity contribution in [3.05, 3.63) is 191 Å². The zero-order chi connectivity index (χ0) is 36.1. The molecule has 0 N–H and O–H groups in total. The third kappa shape index (κ3) is 8.47. The first-order valence-corrected chi connectivity index (χ1v) is 17.3. The number of nitrogens with zero attached hydrogens (tertiary/aromatic N) is 3. The molecule has 9 nitrogen and oxygen atoms in total. The molecule has 0 atom stereocenters. The minimum atomic E-state index is -0.410. The summed E-state index contributed by atoms with van der Waals surface area (Å²) in [4.78, 5) is 32.6. The van der Waals surface area contributed by atoms with Gasteiger partial charge in [0.1, 0.15) is 0 Å². The molecule has 0 heterocycles. The van der Waals surface area contributed by atoms with Crippen LogP contribution in [0.25, 0.3) is 33.4 Å². The summed E-state index contributed by atoms with van der Waals surface area (Å²) in [7, 11) is 0.973. The fraction of sp³-hybridized carbons (Fsp3) is 0.0976. The van der Waals surface area contributed by atoms with Gasteiger partial charge < -0.3 is 0 Å². The van der Waals surface area contributed by atoms with Gasteiger partial charge in [0, 0.05) is 42.6 Å². The highest BCUT2D eigenvalue weighted by molar-refractivity contribution is 7.35. The fourth-order valence-electron chi connectivity index (χ4n) is 6.31. The van der Waals surface area contributed by atoms with Crippen molar-refractivity contribution in [1.29, 1.82) is 0 Å². The third-order valence-corrected chi connectivity index (χ3v) is 9.18. The Kier molecular flexibility index (Phi) is 10.2. The predicted octanol–water partition coefficient (Wildman–Crippen LogP) is 10.8. The normalized spacial score (nSPS) is 11.0. The van der Waals surface area contributed by atoms with Gasteiger partial charge in [-0.3, -0.25) is 30.3 Å². The largest absolute Gasteiger partial charge is 0.269 e. The summed E-state index contributed by atoms with van der Waals surface area (Å²) >= 11 is 0. The van der Waals surface area contributed by atoms with Gasteiger partial charge in [0.15, 0.2) is 0 Å². The van der Waals surface area contributed by atoms with Crippen molar-refractivity contribution in [2.45, 2.75) is 25.9 Å². The van der Waals surface area contributed by atoms with Gasteiger partial charge in [-0.1, -0.05) is 66.5 Å². The lowest BCUT2D eigenvalue weighted by molar-refractivity contribution is -0.385. The topological polar surface area (TPSA) is 129 Å². The summed E-state index contributed by atoms with van der Waals surface area (Å²) < 4.78 is 0. The number of benzene rings is 6. The van der Waals surface area contributed by atoms with E-state index in [9.17, 15) is 30.3 Å². The van der Waals surface area contributed by atoms with Gasteiger partial charge in [-0.05, 0) is 117 Å². The molecule has 51 heavy (non-hydrogen) atoms. The van der Waals surface area contributed by atoms with Crippen molar-refractivity contribution in [1.82, 2.24) is 0 Å². The van der Waals surface area contributed by atoms with E-state index >= 15 is 0 Å². The van der Waals surface area contributed by atoms with E-state index in [0.717, 1.165) is 81.1 Å². The molecule has 252 valence electrons. The average Bonchev–Trinajstić information content (AvgIpc) is 3.11. The van der Waals surface area contributed by atoms with Crippen LogP contribution in [-0.2, 0) is 19.0 Å². The van der Waals surface area contributed by atoms with Crippen LogP contribution in [0.2, 0.25) is 0 Å². The number of hydrogen-bond acceptors (Lipinski definition) is 6. The van der Waals surface area contributed by atoms with Crippen LogP contribution in [0.5, 0.6) is 0 Å². The van der Waals surface area contributed by atoms with Crippen LogP contribution in [-0.4, -0.2) is 21.1 Å². The molecule has 0 amide bonds. The summed E-state index contributed by atoms with van der Waals surface area (Å²) in [6, 6.07) is 38.7. The fourth-order valence-corrected chi connectivity index (χ4v) is 6.76. The van der Waals surface area contributed by atoms with Gasteiger partial charge in [-0.25, -0.2) is 0 Å². The first-order valence-electron chi connectivity index (χ1n) is 16.1. The Morgan fingerprint density at radius 2 is 0.765 bits per heavy atom. The number of non-ortho nitro benzene ring substituents is 3. The van der Waals surface area contributed by atoms with E-state index in [1.54, 1.807) is 36.4 Å². The van der Waals surface area contributed by atoms with Gasteiger partial charge in [0.05, 0.1) is 14.8 Å². The second-order valence-electron chi connectivity index (χ2n) is 12.4. The summed E-state index contributed by atoms with van der Waals surface area (Å²) in [5, 5.41) is 33.8. The van der Waals surface area contributed by atoms with E-state index in [1.165, 1.54) is 36.4 Å². The molecule has 10 heteroatoms. The van der Waals surface area contributed by atoms with Gasteiger partial charge in [-0.2, -0.15) is 0 Å². The van der Waals surface area contributed by atoms with Crippen molar-refractivity contribution in [3.8, 4) is 33.4 Å². The van der Waals surface area contributed by atoms with Gasteiger partial charge in [0.25, 0.3) is 17.1 Å². The van der Waals surface area contributed by atoms with E-state index in [0.29, 0.717) is 12.8 Å². The first-order chi connectivity index (χ1) is 24.5. The molecule has 0 aliphatic carbocycles. The zero-order valence-corrected chi connectivity index (χ0v) is 28.6. The maximum Gasteiger partial charge on any atom is 0.269 e. The Hall–Kier alpha value is -6.31. The number of hydrogen-bond donors (Lipinski definition) is 0. The highest BCUT2D eigenvalue weighted by Gasteiger charge is 2.13. The van der Waals surface area contributed by atoms with Crippen molar-refractivity contribution < 1.29 is 14.8 Å². The van der Waals surface area contributed by atoms with Crippen LogP contribution in [0.15, 0.2) is 127 Å². The maximum atomic E-state index is 11.4. The zero-order valence-electron chi connectivity index (χ0n) is 27.7. The summed E-state index contributed by atoms with van der Waals surface area (Å²) in [5.41, 5.74) is 12.0. The molecule has 0 aliphatic rings. The third-order valence-electron chi connectivity index (χ3n) is 8.59. The van der Waals surface area contributed by atoms with Crippen LogP contribution in [0.3, 0.4) is 0 Å². The highest BCUT2D eigenvalue weighted by Crippen LogP contribution is 2.31. The molecule has 0 bridgehead atoms. The quantitative estimate of drug-likeness (QED) is 0.0712.